The van der Waals surface area contributed by atoms with Crippen LogP contribution in [0.15, 0.2) is 0 Å². The van der Waals surface area contributed by atoms with Gasteiger partial charge in [0.15, 0.2) is 0 Å². The van der Waals surface area contributed by atoms with Gasteiger partial charge in [-0.1, -0.05) is 0 Å². The van der Waals surface area contributed by atoms with Crippen LogP contribution in [0.5, 0.6) is 0 Å². The first-order valence-electron chi connectivity index (χ1n) is 2.05. The molecule has 0 unspecified atom stereocenters. The van der Waals surface area contributed by atoms with Crippen LogP contribution in [0.2, 0.25) is 0 Å². The fourth-order valence-electron chi connectivity index (χ4n) is 0. The molecule has 44 valence electrons. The van der Waals surface area contributed by atoms with Crippen molar-refractivity contribution in [2.75, 3.05) is 21.1 Å². The molecule has 0 aliphatic rings. The summed E-state index contributed by atoms with van der Waals surface area (Å²) in [4.78, 5) is 2.00. The minimum Gasteiger partial charge on any atom is -0.346 e. The van der Waals surface area contributed by atoms with Crippen molar-refractivity contribution in [3.63, 3.8) is 0 Å². The summed E-state index contributed by atoms with van der Waals surface area (Å²) in [5.41, 5.74) is 0. The van der Waals surface area contributed by atoms with E-state index in [0.717, 1.165) is 0 Å². The van der Waals surface area contributed by atoms with Crippen molar-refractivity contribution in [3.8, 4) is 0 Å². The van der Waals surface area contributed by atoms with Crippen molar-refractivity contribution in [1.82, 2.24) is 4.90 Å². The Balaban J connectivity index is -0.0000000480. The van der Waals surface area contributed by atoms with Crippen molar-refractivity contribution in [1.29, 1.82) is 0 Å². The molecule has 0 aliphatic carbocycles. The third-order valence-electron chi connectivity index (χ3n) is 0. The monoisotopic (exact) mass is 178 g/mol. The summed E-state index contributed by atoms with van der Waals surface area (Å²) in [6.45, 7) is 5.00. The third-order valence-corrected chi connectivity index (χ3v) is 0. The first-order valence-corrected chi connectivity index (χ1v) is 2.05. The van der Waals surface area contributed by atoms with E-state index >= 15 is 0 Å². The predicted octanol–water partition coefficient (Wildman–Crippen LogP) is 1.02. The van der Waals surface area contributed by atoms with E-state index in [9.17, 15) is 0 Å². The van der Waals surface area contributed by atoms with Crippen LogP contribution < -0.4 is 0 Å². The van der Waals surface area contributed by atoms with Gasteiger partial charge in [-0.15, -0.1) is 0 Å². The van der Waals surface area contributed by atoms with Crippen LogP contribution in [0.3, 0.4) is 0 Å². The molecule has 0 amide bonds. The maximum Gasteiger partial charge on any atom is 0 e. The van der Waals surface area contributed by atoms with Gasteiger partial charge in [0.2, 0.25) is 0 Å². The van der Waals surface area contributed by atoms with E-state index in [1.807, 2.05) is 26.0 Å². The van der Waals surface area contributed by atoms with Crippen LogP contribution in [-0.4, -0.2) is 26.0 Å². The number of nitrogens with zero attached hydrogens (tertiary/aromatic N) is 1. The summed E-state index contributed by atoms with van der Waals surface area (Å²) in [5, 5.41) is 0. The minimum atomic E-state index is 0. The van der Waals surface area contributed by atoms with Crippen molar-refractivity contribution in [2.45, 2.75) is 6.92 Å². The van der Waals surface area contributed by atoms with Crippen molar-refractivity contribution < 1.29 is 26.2 Å². The van der Waals surface area contributed by atoms with Gasteiger partial charge in [0.1, 0.15) is 0 Å². The fraction of sp³-hybridized carbons (Fsp3) is 0.800. The van der Waals surface area contributed by atoms with Crippen LogP contribution in [0, 0.1) is 6.92 Å². The SMILES string of the molecule is CN(C)C.[CH2-]C.[Zr]. The van der Waals surface area contributed by atoms with Crippen LogP contribution >= 0.6 is 0 Å². The predicted molar refractivity (Wildman–Crippen MR) is 30.6 cm³/mol. The first-order chi connectivity index (χ1) is 2.73. The van der Waals surface area contributed by atoms with Gasteiger partial charge >= 0.3 is 0 Å². The van der Waals surface area contributed by atoms with Gasteiger partial charge in [-0.3, -0.25) is 0 Å². The molecule has 0 spiro atoms. The molecular weight excluding hydrogens is 165 g/mol. The fourth-order valence-corrected chi connectivity index (χ4v) is 0. The maximum absolute atomic E-state index is 3.25. The molecule has 0 bridgehead atoms. The largest absolute Gasteiger partial charge is 0.346 e. The second-order valence-electron chi connectivity index (χ2n) is 1.34. The molecule has 0 N–H and O–H groups in total. The molecule has 0 fully saturated rings. The summed E-state index contributed by atoms with van der Waals surface area (Å²) < 4.78 is 0. The Labute approximate surface area is 66.2 Å². The number of hydrogen-bond acceptors (Lipinski definition) is 1. The van der Waals surface area contributed by atoms with E-state index in [-0.39, 0.29) is 26.2 Å². The van der Waals surface area contributed by atoms with E-state index in [1.165, 1.54) is 0 Å². The Morgan fingerprint density at radius 2 is 1.00 bits per heavy atom. The van der Waals surface area contributed by atoms with Gasteiger partial charge in [-0.25, -0.2) is 0 Å². The number of hydrogen-bond donors (Lipinski definition) is 0. The summed E-state index contributed by atoms with van der Waals surface area (Å²) in [7, 11) is 6.00. The second kappa shape index (κ2) is 15.8. The Hall–Kier alpha value is 0.843. The molecule has 0 aliphatic heterocycles. The van der Waals surface area contributed by atoms with Gasteiger partial charge < -0.3 is 11.8 Å². The van der Waals surface area contributed by atoms with Crippen LogP contribution in [0.25, 0.3) is 0 Å². The summed E-state index contributed by atoms with van der Waals surface area (Å²) in [6.07, 6.45) is 0. The van der Waals surface area contributed by atoms with E-state index in [1.54, 1.807) is 6.92 Å². The van der Waals surface area contributed by atoms with Crippen molar-refractivity contribution in [2.24, 2.45) is 0 Å². The number of rotatable bonds is 0. The van der Waals surface area contributed by atoms with Crippen LogP contribution in [-0.2, 0) is 26.2 Å². The van der Waals surface area contributed by atoms with Crippen LogP contribution in [0.4, 0.5) is 0 Å². The first kappa shape index (κ1) is 15.7. The zero-order chi connectivity index (χ0) is 5.58. The average molecular weight is 179 g/mol. The van der Waals surface area contributed by atoms with Gasteiger partial charge in [-0.2, -0.15) is 6.92 Å². The molecule has 0 aromatic carbocycles. The molecule has 0 rings (SSSR count). The molecule has 2 heteroatoms. The normalized spacial score (nSPS) is 6.00. The molecule has 0 aromatic heterocycles. The summed E-state index contributed by atoms with van der Waals surface area (Å²) in [6, 6.07) is 0. The molecule has 0 atom stereocenters. The van der Waals surface area contributed by atoms with E-state index in [0.29, 0.717) is 0 Å². The molecule has 0 saturated carbocycles. The van der Waals surface area contributed by atoms with Gasteiger partial charge in [0, 0.05) is 26.2 Å². The molecule has 0 aromatic rings. The summed E-state index contributed by atoms with van der Waals surface area (Å²) in [5.74, 6) is 0. The Bertz CT molecular complexity index is 12.8. The quantitative estimate of drug-likeness (QED) is 0.502. The molecule has 0 radical (unpaired) electrons. The molecule has 0 heterocycles. The van der Waals surface area contributed by atoms with Gasteiger partial charge in [0.25, 0.3) is 0 Å². The zero-order valence-corrected chi connectivity index (χ0v) is 8.11. The molecule has 1 nitrogen and oxygen atoms in total. The van der Waals surface area contributed by atoms with Crippen LogP contribution in [0.1, 0.15) is 6.92 Å². The maximum atomic E-state index is 3.25. The van der Waals surface area contributed by atoms with Crippen molar-refractivity contribution >= 4 is 0 Å². The summed E-state index contributed by atoms with van der Waals surface area (Å²) >= 11 is 0. The van der Waals surface area contributed by atoms with E-state index in [4.69, 9.17) is 0 Å². The molecule has 7 heavy (non-hydrogen) atoms. The third kappa shape index (κ3) is 226. The Morgan fingerprint density at radius 1 is 1.00 bits per heavy atom. The van der Waals surface area contributed by atoms with E-state index < -0.39 is 0 Å². The Morgan fingerprint density at radius 3 is 1.00 bits per heavy atom. The zero-order valence-electron chi connectivity index (χ0n) is 5.65. The molecular formula is C5H14NZr-. The minimum absolute atomic E-state index is 0. The topological polar surface area (TPSA) is 3.24 Å². The smallest absolute Gasteiger partial charge is 0 e. The van der Waals surface area contributed by atoms with E-state index in [2.05, 4.69) is 6.92 Å². The second-order valence-corrected chi connectivity index (χ2v) is 1.34. The molecule has 0 saturated heterocycles. The van der Waals surface area contributed by atoms with Gasteiger partial charge in [0.05, 0.1) is 0 Å². The van der Waals surface area contributed by atoms with Crippen molar-refractivity contribution in [3.05, 3.63) is 6.92 Å². The average Bonchev–Trinajstić information content (AvgIpc) is 1.41. The Kier molecular flexibility index (Phi) is 35.4. The van der Waals surface area contributed by atoms with Gasteiger partial charge in [-0.05, 0) is 21.1 Å². The standard InChI is InChI=1S/C3H9N.C2H5.Zr/c1-4(2)3;1-2;/h1-3H3;1H2,2H3;/q;-1;.